The summed E-state index contributed by atoms with van der Waals surface area (Å²) < 4.78 is 33.4. The first-order valence-electron chi connectivity index (χ1n) is 11.5. The molecule has 0 atom stereocenters. The topological polar surface area (TPSA) is 51.0 Å². The third-order valence-corrected chi connectivity index (χ3v) is 5.74. The lowest BCUT2D eigenvalue weighted by Gasteiger charge is -2.07. The Morgan fingerprint density at radius 3 is 1.97 bits per heavy atom. The summed E-state index contributed by atoms with van der Waals surface area (Å²) in [5, 5.41) is 7.26. The Balaban J connectivity index is 1.78. The van der Waals surface area contributed by atoms with Crippen molar-refractivity contribution in [2.75, 3.05) is 0 Å². The molecule has 33 heavy (non-hydrogen) atoms. The average Bonchev–Trinajstić information content (AvgIpc) is 2.76. The summed E-state index contributed by atoms with van der Waals surface area (Å²) in [6.07, 6.45) is 11.9. The van der Waals surface area contributed by atoms with Crippen LogP contribution in [-0.4, -0.2) is 5.97 Å². The lowest BCUT2D eigenvalue weighted by molar-refractivity contribution is -0.134. The van der Waals surface area contributed by atoms with Gasteiger partial charge >= 0.3 is 5.97 Å². The van der Waals surface area contributed by atoms with Crippen molar-refractivity contribution in [1.82, 2.24) is 0 Å². The minimum absolute atomic E-state index is 0.0162. The van der Waals surface area contributed by atoms with Crippen LogP contribution in [0, 0.1) is 11.6 Å². The molecule has 0 amide bonds. The number of ether oxygens (including phenoxy) is 1. The van der Waals surface area contributed by atoms with Crippen molar-refractivity contribution >= 4 is 40.5 Å². The van der Waals surface area contributed by atoms with Gasteiger partial charge in [-0.05, 0) is 18.6 Å². The van der Waals surface area contributed by atoms with Crippen LogP contribution in [0.1, 0.15) is 77.6 Å². The predicted molar refractivity (Wildman–Crippen MR) is 129 cm³/mol. The van der Waals surface area contributed by atoms with Crippen LogP contribution in [0.4, 0.5) is 20.2 Å². The number of rotatable bonds is 14. The molecule has 0 aliphatic carbocycles. The number of hydrogen-bond donors (Lipinski definition) is 0. The first-order valence-corrected chi connectivity index (χ1v) is 12.2. The third-order valence-electron chi connectivity index (χ3n) is 5.14. The molecule has 0 unspecified atom stereocenters. The molecule has 2 aromatic rings. The molecule has 0 aliphatic rings. The van der Waals surface area contributed by atoms with Gasteiger partial charge in [0.15, 0.2) is 11.6 Å². The SMILES string of the molecule is CCCCCCCCCCCCC(=O)Oc1cc(F)c(N=Nc2c(F)cccc2Cl)c(Cl)c1. The summed E-state index contributed by atoms with van der Waals surface area (Å²) in [7, 11) is 0. The number of esters is 1. The standard InChI is InChI=1S/C25H30Cl2F2N2O2/c1-2-3-4-5-6-7-8-9-10-11-15-23(32)33-18-16-20(27)25(22(29)17-18)31-30-24-19(26)13-12-14-21(24)28/h12-14,16-17H,2-11,15H2,1H3. The molecule has 2 aromatic carbocycles. The Morgan fingerprint density at radius 1 is 0.818 bits per heavy atom. The molecular weight excluding hydrogens is 469 g/mol. The van der Waals surface area contributed by atoms with Crippen LogP contribution in [0.3, 0.4) is 0 Å². The highest BCUT2D eigenvalue weighted by atomic mass is 35.5. The van der Waals surface area contributed by atoms with Crippen LogP contribution in [-0.2, 0) is 4.79 Å². The second kappa shape index (κ2) is 15.0. The van der Waals surface area contributed by atoms with Gasteiger partial charge in [0, 0.05) is 18.6 Å². The van der Waals surface area contributed by atoms with E-state index in [4.69, 9.17) is 27.9 Å². The van der Waals surface area contributed by atoms with Gasteiger partial charge < -0.3 is 4.74 Å². The monoisotopic (exact) mass is 498 g/mol. The third kappa shape index (κ3) is 9.76. The summed E-state index contributed by atoms with van der Waals surface area (Å²) in [5.41, 5.74) is -0.521. The fourth-order valence-electron chi connectivity index (χ4n) is 3.32. The Labute approximate surface area is 204 Å². The lowest BCUT2D eigenvalue weighted by atomic mass is 10.1. The molecule has 180 valence electrons. The summed E-state index contributed by atoms with van der Waals surface area (Å²) in [5.74, 6) is -2.00. The van der Waals surface area contributed by atoms with Crippen molar-refractivity contribution in [3.8, 4) is 5.75 Å². The van der Waals surface area contributed by atoms with Crippen molar-refractivity contribution in [2.24, 2.45) is 10.2 Å². The summed E-state index contributed by atoms with van der Waals surface area (Å²) in [4.78, 5) is 12.1. The number of carbonyl (C=O) groups is 1. The number of unbranched alkanes of at least 4 members (excludes halogenated alkanes) is 9. The van der Waals surface area contributed by atoms with Crippen LogP contribution in [0.5, 0.6) is 5.75 Å². The molecule has 0 saturated carbocycles. The summed E-state index contributed by atoms with van der Waals surface area (Å²) >= 11 is 11.9. The Hall–Kier alpha value is -2.05. The Morgan fingerprint density at radius 2 is 1.39 bits per heavy atom. The molecular formula is C25H30Cl2F2N2O2. The molecule has 0 bridgehead atoms. The zero-order chi connectivity index (χ0) is 24.1. The van der Waals surface area contributed by atoms with E-state index in [2.05, 4.69) is 17.2 Å². The largest absolute Gasteiger partial charge is 0.426 e. The predicted octanol–water partition coefficient (Wildman–Crippen LogP) is 9.90. The van der Waals surface area contributed by atoms with Gasteiger partial charge in [0.25, 0.3) is 0 Å². The Bertz CT molecular complexity index is 895. The first kappa shape index (κ1) is 27.2. The van der Waals surface area contributed by atoms with Crippen LogP contribution < -0.4 is 4.74 Å². The van der Waals surface area contributed by atoms with Crippen LogP contribution in [0.2, 0.25) is 10.0 Å². The van der Waals surface area contributed by atoms with Gasteiger partial charge in [0.1, 0.15) is 17.1 Å². The summed E-state index contributed by atoms with van der Waals surface area (Å²) in [6, 6.07) is 6.30. The summed E-state index contributed by atoms with van der Waals surface area (Å²) in [6.45, 7) is 2.21. The highest BCUT2D eigenvalue weighted by Crippen LogP contribution is 2.35. The van der Waals surface area contributed by atoms with Crippen LogP contribution >= 0.6 is 23.2 Å². The lowest BCUT2D eigenvalue weighted by Crippen LogP contribution is -2.07. The molecule has 8 heteroatoms. The number of azo groups is 1. The van der Waals surface area contributed by atoms with E-state index in [0.29, 0.717) is 0 Å². The van der Waals surface area contributed by atoms with Gasteiger partial charge in [-0.1, -0.05) is 94.0 Å². The molecule has 0 radical (unpaired) electrons. The molecule has 0 aliphatic heterocycles. The molecule has 0 saturated heterocycles. The van der Waals surface area contributed by atoms with Gasteiger partial charge in [-0.15, -0.1) is 10.2 Å². The maximum absolute atomic E-state index is 14.4. The molecule has 4 nitrogen and oxygen atoms in total. The minimum atomic E-state index is -0.847. The molecule has 0 spiro atoms. The van der Waals surface area contributed by atoms with E-state index < -0.39 is 17.6 Å². The van der Waals surface area contributed by atoms with Gasteiger partial charge in [-0.25, -0.2) is 8.78 Å². The molecule has 2 rings (SSSR count). The van der Waals surface area contributed by atoms with E-state index in [1.807, 2.05) is 0 Å². The van der Waals surface area contributed by atoms with Crippen molar-refractivity contribution in [1.29, 1.82) is 0 Å². The highest BCUT2D eigenvalue weighted by molar-refractivity contribution is 6.33. The fourth-order valence-corrected chi connectivity index (χ4v) is 3.76. The van der Waals surface area contributed by atoms with Gasteiger partial charge in [0.2, 0.25) is 0 Å². The van der Waals surface area contributed by atoms with Crippen molar-refractivity contribution < 1.29 is 18.3 Å². The van der Waals surface area contributed by atoms with E-state index in [9.17, 15) is 13.6 Å². The van der Waals surface area contributed by atoms with E-state index >= 15 is 0 Å². The molecule has 0 N–H and O–H groups in total. The van der Waals surface area contributed by atoms with E-state index in [1.54, 1.807) is 0 Å². The van der Waals surface area contributed by atoms with Crippen LogP contribution in [0.15, 0.2) is 40.6 Å². The normalized spacial score (nSPS) is 11.3. The zero-order valence-corrected chi connectivity index (χ0v) is 20.4. The molecule has 0 fully saturated rings. The maximum Gasteiger partial charge on any atom is 0.311 e. The van der Waals surface area contributed by atoms with Crippen molar-refractivity contribution in [3.63, 3.8) is 0 Å². The number of hydrogen-bond acceptors (Lipinski definition) is 4. The van der Waals surface area contributed by atoms with E-state index in [-0.39, 0.29) is 33.6 Å². The van der Waals surface area contributed by atoms with Crippen molar-refractivity contribution in [2.45, 2.75) is 77.6 Å². The average molecular weight is 499 g/mol. The Kier molecular flexibility index (Phi) is 12.3. The number of carbonyl (C=O) groups excluding carboxylic acids is 1. The zero-order valence-electron chi connectivity index (χ0n) is 18.9. The second-order valence-corrected chi connectivity index (χ2v) is 8.73. The van der Waals surface area contributed by atoms with Crippen LogP contribution in [0.25, 0.3) is 0 Å². The van der Waals surface area contributed by atoms with Gasteiger partial charge in [-0.3, -0.25) is 4.79 Å². The number of benzene rings is 2. The first-order chi connectivity index (χ1) is 15.9. The van der Waals surface area contributed by atoms with Gasteiger partial charge in [-0.2, -0.15) is 0 Å². The minimum Gasteiger partial charge on any atom is -0.426 e. The molecule has 0 heterocycles. The quantitative estimate of drug-likeness (QED) is 0.112. The highest BCUT2D eigenvalue weighted by Gasteiger charge is 2.14. The van der Waals surface area contributed by atoms with Gasteiger partial charge in [0.05, 0.1) is 10.0 Å². The molecule has 0 aromatic heterocycles. The van der Waals surface area contributed by atoms with E-state index in [0.717, 1.165) is 31.4 Å². The second-order valence-electron chi connectivity index (χ2n) is 7.91. The fraction of sp³-hybridized carbons (Fsp3) is 0.480. The smallest absolute Gasteiger partial charge is 0.311 e. The number of nitrogens with zero attached hydrogens (tertiary/aromatic N) is 2. The maximum atomic E-state index is 14.4. The van der Waals surface area contributed by atoms with Crippen molar-refractivity contribution in [3.05, 3.63) is 52.0 Å². The number of halogens is 4. The van der Waals surface area contributed by atoms with E-state index in [1.165, 1.54) is 63.1 Å².